The Bertz CT molecular complexity index is 1440. The number of hydrogen-bond donors (Lipinski definition) is 1. The van der Waals surface area contributed by atoms with Crippen LogP contribution in [0.15, 0.2) is 83.8 Å². The number of nitrogens with one attached hydrogen (secondary N) is 1. The van der Waals surface area contributed by atoms with Gasteiger partial charge in [0.25, 0.3) is 10.0 Å². The molecule has 0 bridgehead atoms. The normalized spacial score (nSPS) is 12.2. The number of nitrogens with zero attached hydrogens (tertiary/aromatic N) is 2. The van der Waals surface area contributed by atoms with E-state index in [0.717, 1.165) is 9.87 Å². The molecule has 0 aliphatic carbocycles. The molecule has 2 amide bonds. The maximum absolute atomic E-state index is 14.2. The van der Waals surface area contributed by atoms with E-state index in [1.807, 2.05) is 40.7 Å². The summed E-state index contributed by atoms with van der Waals surface area (Å²) in [6.07, 6.45) is 0.328. The first-order valence-electron chi connectivity index (χ1n) is 13.9. The smallest absolute Gasteiger partial charge is 0.264 e. The summed E-state index contributed by atoms with van der Waals surface area (Å²) >= 11 is 0. The molecule has 1 unspecified atom stereocenters. The molecule has 10 heteroatoms. The highest BCUT2D eigenvalue weighted by atomic mass is 32.2. The second kappa shape index (κ2) is 14.2. The summed E-state index contributed by atoms with van der Waals surface area (Å²) in [6, 6.07) is 20.9. The highest BCUT2D eigenvalue weighted by Crippen LogP contribution is 2.26. The molecule has 0 fully saturated rings. The fourth-order valence-corrected chi connectivity index (χ4v) is 5.88. The highest BCUT2D eigenvalue weighted by molar-refractivity contribution is 7.92. The molecular weight excluding hydrogens is 554 g/mol. The first-order valence-corrected chi connectivity index (χ1v) is 15.4. The lowest BCUT2D eigenvalue weighted by atomic mass is 10.1. The molecule has 0 spiro atoms. The zero-order valence-corrected chi connectivity index (χ0v) is 26.0. The second-order valence-corrected chi connectivity index (χ2v) is 12.7. The molecule has 0 saturated heterocycles. The van der Waals surface area contributed by atoms with Crippen LogP contribution in [0.25, 0.3) is 0 Å². The third-order valence-electron chi connectivity index (χ3n) is 6.42. The van der Waals surface area contributed by atoms with Gasteiger partial charge in [0.1, 0.15) is 24.1 Å². The fourth-order valence-electron chi connectivity index (χ4n) is 4.46. The van der Waals surface area contributed by atoms with Gasteiger partial charge in [-0.1, -0.05) is 37.3 Å². The maximum Gasteiger partial charge on any atom is 0.264 e. The Morgan fingerprint density at radius 3 is 2.14 bits per heavy atom. The van der Waals surface area contributed by atoms with Crippen molar-refractivity contribution in [2.24, 2.45) is 0 Å². The maximum atomic E-state index is 14.2. The highest BCUT2D eigenvalue weighted by Gasteiger charge is 2.34. The summed E-state index contributed by atoms with van der Waals surface area (Å²) in [7, 11) is -2.62. The average molecular weight is 596 g/mol. The summed E-state index contributed by atoms with van der Waals surface area (Å²) < 4.78 is 39.9. The molecule has 1 N–H and O–H groups in total. The van der Waals surface area contributed by atoms with E-state index >= 15 is 0 Å². The van der Waals surface area contributed by atoms with E-state index in [2.05, 4.69) is 5.32 Å². The minimum atomic E-state index is -4.17. The molecule has 42 heavy (non-hydrogen) atoms. The van der Waals surface area contributed by atoms with E-state index in [1.165, 1.54) is 17.0 Å². The molecule has 226 valence electrons. The first-order chi connectivity index (χ1) is 19.9. The SMILES string of the molecule is CCOc1ccc(S(=O)(=O)N(CC(=O)N(Cc2cccc(OC)c2)C(CC)C(=O)NC(C)(C)C)c2ccccc2)cc1. The van der Waals surface area contributed by atoms with Gasteiger partial charge in [0.05, 0.1) is 24.3 Å². The number of benzene rings is 3. The Kier molecular flexibility index (Phi) is 11.0. The van der Waals surface area contributed by atoms with E-state index in [9.17, 15) is 18.0 Å². The van der Waals surface area contributed by atoms with Crippen LogP contribution in [0.5, 0.6) is 11.5 Å². The number of amides is 2. The number of para-hydroxylation sites is 1. The summed E-state index contributed by atoms with van der Waals surface area (Å²) in [5.41, 5.74) is 0.543. The lowest BCUT2D eigenvalue weighted by Crippen LogP contribution is -2.55. The zero-order valence-electron chi connectivity index (χ0n) is 25.2. The van der Waals surface area contributed by atoms with E-state index < -0.39 is 34.1 Å². The Morgan fingerprint density at radius 1 is 0.905 bits per heavy atom. The zero-order chi connectivity index (χ0) is 30.9. The lowest BCUT2D eigenvalue weighted by Gasteiger charge is -2.34. The molecule has 0 heterocycles. The Hall–Kier alpha value is -4.05. The fraction of sp³-hybridized carbons (Fsp3) is 0.375. The van der Waals surface area contributed by atoms with Crippen LogP contribution in [-0.4, -0.2) is 57.0 Å². The topological polar surface area (TPSA) is 105 Å². The number of methoxy groups -OCH3 is 1. The summed E-state index contributed by atoms with van der Waals surface area (Å²) in [5.74, 6) is 0.309. The van der Waals surface area contributed by atoms with Crippen molar-refractivity contribution in [2.75, 3.05) is 24.6 Å². The van der Waals surface area contributed by atoms with Gasteiger partial charge >= 0.3 is 0 Å². The van der Waals surface area contributed by atoms with Crippen LogP contribution < -0.4 is 19.1 Å². The van der Waals surface area contributed by atoms with Crippen molar-refractivity contribution in [3.05, 3.63) is 84.4 Å². The monoisotopic (exact) mass is 595 g/mol. The van der Waals surface area contributed by atoms with Gasteiger partial charge in [-0.15, -0.1) is 0 Å². The van der Waals surface area contributed by atoms with Crippen molar-refractivity contribution >= 4 is 27.5 Å². The quantitative estimate of drug-likeness (QED) is 0.298. The Morgan fingerprint density at radius 2 is 1.57 bits per heavy atom. The average Bonchev–Trinajstić information content (AvgIpc) is 2.95. The number of carbonyl (C=O) groups excluding carboxylic acids is 2. The molecule has 1 atom stereocenters. The molecule has 0 radical (unpaired) electrons. The number of ether oxygens (including phenoxy) is 2. The van der Waals surface area contributed by atoms with Crippen LogP contribution in [0.3, 0.4) is 0 Å². The van der Waals surface area contributed by atoms with Crippen LogP contribution in [0.1, 0.15) is 46.6 Å². The van der Waals surface area contributed by atoms with Gasteiger partial charge in [-0.05, 0) is 88.2 Å². The molecule has 0 saturated carbocycles. The van der Waals surface area contributed by atoms with Crippen LogP contribution in [0.2, 0.25) is 0 Å². The number of sulfonamides is 1. The van der Waals surface area contributed by atoms with Crippen LogP contribution in [-0.2, 0) is 26.2 Å². The minimum Gasteiger partial charge on any atom is -0.497 e. The predicted molar refractivity (Wildman–Crippen MR) is 164 cm³/mol. The van der Waals surface area contributed by atoms with Crippen molar-refractivity contribution in [2.45, 2.75) is 64.1 Å². The standard InChI is InChI=1S/C32H41N3O6S/c1-7-29(31(37)33-32(3,4)5)34(22-24-13-12-16-27(21-24)40-6)30(36)23-35(25-14-10-9-11-15-25)42(38,39)28-19-17-26(18-20-28)41-8-2/h9-21,29H,7-8,22-23H2,1-6H3,(H,33,37). The van der Waals surface area contributed by atoms with Crippen molar-refractivity contribution in [3.8, 4) is 11.5 Å². The molecule has 3 rings (SSSR count). The van der Waals surface area contributed by atoms with E-state index in [-0.39, 0.29) is 17.3 Å². The third kappa shape index (κ3) is 8.48. The largest absolute Gasteiger partial charge is 0.497 e. The lowest BCUT2D eigenvalue weighted by molar-refractivity contribution is -0.141. The summed E-state index contributed by atoms with van der Waals surface area (Å²) in [5, 5.41) is 2.97. The number of hydrogen-bond acceptors (Lipinski definition) is 6. The predicted octanol–water partition coefficient (Wildman–Crippen LogP) is 5.01. The van der Waals surface area contributed by atoms with Crippen molar-refractivity contribution in [3.63, 3.8) is 0 Å². The minimum absolute atomic E-state index is 0.0134. The van der Waals surface area contributed by atoms with Crippen LogP contribution >= 0.6 is 0 Å². The van der Waals surface area contributed by atoms with Crippen molar-refractivity contribution in [1.82, 2.24) is 10.2 Å². The Balaban J connectivity index is 2.05. The van der Waals surface area contributed by atoms with Gasteiger partial charge in [-0.25, -0.2) is 8.42 Å². The van der Waals surface area contributed by atoms with E-state index in [0.29, 0.717) is 30.2 Å². The van der Waals surface area contributed by atoms with E-state index in [1.54, 1.807) is 67.8 Å². The number of carbonyl (C=O) groups is 2. The third-order valence-corrected chi connectivity index (χ3v) is 8.21. The molecule has 9 nitrogen and oxygen atoms in total. The Labute approximate surface area is 249 Å². The van der Waals surface area contributed by atoms with E-state index in [4.69, 9.17) is 9.47 Å². The number of rotatable bonds is 13. The molecular formula is C32H41N3O6S. The second-order valence-electron chi connectivity index (χ2n) is 10.8. The number of anilines is 1. The van der Waals surface area contributed by atoms with Gasteiger partial charge in [-0.3, -0.25) is 13.9 Å². The van der Waals surface area contributed by atoms with Crippen molar-refractivity contribution in [1.29, 1.82) is 0 Å². The molecule has 3 aromatic rings. The first kappa shape index (κ1) is 32.5. The molecule has 3 aromatic carbocycles. The van der Waals surface area contributed by atoms with Crippen molar-refractivity contribution < 1.29 is 27.5 Å². The van der Waals surface area contributed by atoms with Gasteiger partial charge in [0.15, 0.2) is 0 Å². The van der Waals surface area contributed by atoms with Gasteiger partial charge in [-0.2, -0.15) is 0 Å². The van der Waals surface area contributed by atoms with Crippen LogP contribution in [0, 0.1) is 0 Å². The van der Waals surface area contributed by atoms with Crippen LogP contribution in [0.4, 0.5) is 5.69 Å². The molecule has 0 aromatic heterocycles. The summed E-state index contributed by atoms with van der Waals surface area (Å²) in [6.45, 7) is 9.29. The summed E-state index contributed by atoms with van der Waals surface area (Å²) in [4.78, 5) is 29.1. The molecule has 0 aliphatic rings. The van der Waals surface area contributed by atoms with Gasteiger partial charge < -0.3 is 19.7 Å². The molecule has 0 aliphatic heterocycles. The van der Waals surface area contributed by atoms with Gasteiger partial charge in [0, 0.05) is 12.1 Å². The van der Waals surface area contributed by atoms with Gasteiger partial charge in [0.2, 0.25) is 11.8 Å².